The largest absolute Gasteiger partial charge is 0.368 e. The van der Waals surface area contributed by atoms with Crippen LogP contribution in [0.2, 0.25) is 0 Å². The number of aromatic nitrogens is 2. The number of benzene rings is 1. The zero-order valence-electron chi connectivity index (χ0n) is 16.7. The molecule has 3 heterocycles. The highest BCUT2D eigenvalue weighted by Crippen LogP contribution is 2.23. The number of anilines is 3. The lowest BCUT2D eigenvalue weighted by atomic mass is 10.2. The van der Waals surface area contributed by atoms with Gasteiger partial charge in [-0.2, -0.15) is 4.98 Å². The molecule has 0 N–H and O–H groups in total. The fraction of sp³-hybridized carbons (Fsp3) is 0.545. The topological polar surface area (TPSA) is 35.5 Å². The molecule has 0 amide bonds. The summed E-state index contributed by atoms with van der Waals surface area (Å²) in [6.07, 6.45) is 5.16. The minimum absolute atomic E-state index is 0.924. The van der Waals surface area contributed by atoms with E-state index in [4.69, 9.17) is 9.97 Å². The fourth-order valence-electron chi connectivity index (χ4n) is 4.13. The number of hydrogen-bond donors (Lipinski definition) is 0. The molecule has 0 aliphatic carbocycles. The average molecular weight is 366 g/mol. The molecule has 1 aromatic carbocycles. The highest BCUT2D eigenvalue weighted by molar-refractivity contribution is 5.52. The first-order valence-electron chi connectivity index (χ1n) is 10.4. The van der Waals surface area contributed by atoms with Gasteiger partial charge >= 0.3 is 0 Å². The normalized spacial score (nSPS) is 18.5. The van der Waals surface area contributed by atoms with Crippen molar-refractivity contribution in [1.29, 1.82) is 0 Å². The zero-order valence-corrected chi connectivity index (χ0v) is 16.7. The predicted octanol–water partition coefficient (Wildman–Crippen LogP) is 3.80. The summed E-state index contributed by atoms with van der Waals surface area (Å²) in [6, 6.07) is 11.0. The standard InChI is InChI=1S/C22H31N5/c1-18-8-7-9-20(16-18)25-12-14-26(15-13-25)21-17-19(2)23-22(24-21)27-10-5-3-4-6-11-27/h7-9,16-17H,3-6,10-15H2,1-2H3. The summed E-state index contributed by atoms with van der Waals surface area (Å²) >= 11 is 0. The van der Waals surface area contributed by atoms with Crippen molar-refractivity contribution in [3.63, 3.8) is 0 Å². The fourth-order valence-corrected chi connectivity index (χ4v) is 4.13. The van der Waals surface area contributed by atoms with E-state index in [1.54, 1.807) is 0 Å². The summed E-state index contributed by atoms with van der Waals surface area (Å²) in [7, 11) is 0. The summed E-state index contributed by atoms with van der Waals surface area (Å²) in [5.74, 6) is 2.01. The Morgan fingerprint density at radius 2 is 1.41 bits per heavy atom. The van der Waals surface area contributed by atoms with Crippen molar-refractivity contribution in [1.82, 2.24) is 9.97 Å². The minimum Gasteiger partial charge on any atom is -0.368 e. The Morgan fingerprint density at radius 1 is 0.704 bits per heavy atom. The van der Waals surface area contributed by atoms with Gasteiger partial charge in [-0.05, 0) is 44.4 Å². The van der Waals surface area contributed by atoms with E-state index in [0.29, 0.717) is 0 Å². The molecule has 144 valence electrons. The van der Waals surface area contributed by atoms with Crippen LogP contribution in [0.15, 0.2) is 30.3 Å². The van der Waals surface area contributed by atoms with Gasteiger partial charge in [-0.15, -0.1) is 0 Å². The lowest BCUT2D eigenvalue weighted by Crippen LogP contribution is -2.47. The molecule has 0 atom stereocenters. The monoisotopic (exact) mass is 365 g/mol. The van der Waals surface area contributed by atoms with Crippen molar-refractivity contribution in [2.24, 2.45) is 0 Å². The number of aryl methyl sites for hydroxylation is 2. The lowest BCUT2D eigenvalue weighted by Gasteiger charge is -2.37. The maximum atomic E-state index is 4.96. The van der Waals surface area contributed by atoms with E-state index in [1.807, 2.05) is 0 Å². The van der Waals surface area contributed by atoms with Crippen LogP contribution in [0, 0.1) is 13.8 Å². The van der Waals surface area contributed by atoms with Crippen LogP contribution < -0.4 is 14.7 Å². The second-order valence-corrected chi connectivity index (χ2v) is 7.88. The Kier molecular flexibility index (Phi) is 5.46. The van der Waals surface area contributed by atoms with Gasteiger partial charge in [0.1, 0.15) is 5.82 Å². The highest BCUT2D eigenvalue weighted by atomic mass is 15.3. The van der Waals surface area contributed by atoms with E-state index in [1.165, 1.54) is 36.9 Å². The number of rotatable bonds is 3. The third-order valence-corrected chi connectivity index (χ3v) is 5.69. The first-order valence-corrected chi connectivity index (χ1v) is 10.4. The van der Waals surface area contributed by atoms with E-state index in [0.717, 1.165) is 56.7 Å². The van der Waals surface area contributed by atoms with Crippen LogP contribution in [-0.2, 0) is 0 Å². The molecular formula is C22H31N5. The van der Waals surface area contributed by atoms with E-state index in [2.05, 4.69) is 58.9 Å². The van der Waals surface area contributed by atoms with E-state index in [9.17, 15) is 0 Å². The van der Waals surface area contributed by atoms with Gasteiger partial charge in [0.25, 0.3) is 0 Å². The van der Waals surface area contributed by atoms with Crippen LogP contribution in [0.3, 0.4) is 0 Å². The van der Waals surface area contributed by atoms with Gasteiger partial charge in [0.2, 0.25) is 5.95 Å². The van der Waals surface area contributed by atoms with Crippen LogP contribution >= 0.6 is 0 Å². The molecule has 0 unspecified atom stereocenters. The molecular weight excluding hydrogens is 334 g/mol. The van der Waals surface area contributed by atoms with Crippen LogP contribution in [0.5, 0.6) is 0 Å². The zero-order chi connectivity index (χ0) is 18.6. The molecule has 2 saturated heterocycles. The van der Waals surface area contributed by atoms with Crippen molar-refractivity contribution in [2.45, 2.75) is 39.5 Å². The SMILES string of the molecule is Cc1cccc(N2CCN(c3cc(C)nc(N4CCCCCC4)n3)CC2)c1. The molecule has 1 aromatic heterocycles. The first kappa shape index (κ1) is 18.1. The molecule has 2 fully saturated rings. The number of nitrogens with zero attached hydrogens (tertiary/aromatic N) is 5. The van der Waals surface area contributed by atoms with E-state index >= 15 is 0 Å². The van der Waals surface area contributed by atoms with E-state index < -0.39 is 0 Å². The second kappa shape index (κ2) is 8.15. The van der Waals surface area contributed by atoms with Crippen LogP contribution in [0.1, 0.15) is 36.9 Å². The molecule has 0 radical (unpaired) electrons. The van der Waals surface area contributed by atoms with Crippen molar-refractivity contribution >= 4 is 17.5 Å². The van der Waals surface area contributed by atoms with Gasteiger partial charge in [0.15, 0.2) is 0 Å². The third-order valence-electron chi connectivity index (χ3n) is 5.69. The quantitative estimate of drug-likeness (QED) is 0.827. The maximum Gasteiger partial charge on any atom is 0.227 e. The number of hydrogen-bond acceptors (Lipinski definition) is 5. The summed E-state index contributed by atoms with van der Waals surface area (Å²) < 4.78 is 0. The van der Waals surface area contributed by atoms with Crippen molar-refractivity contribution < 1.29 is 0 Å². The Hall–Kier alpha value is -2.30. The summed E-state index contributed by atoms with van der Waals surface area (Å²) in [5.41, 5.74) is 3.72. The maximum absolute atomic E-state index is 4.96. The first-order chi connectivity index (χ1) is 13.2. The smallest absolute Gasteiger partial charge is 0.227 e. The van der Waals surface area contributed by atoms with Gasteiger partial charge in [-0.1, -0.05) is 25.0 Å². The molecule has 2 aliphatic heterocycles. The molecule has 4 rings (SSSR count). The van der Waals surface area contributed by atoms with Crippen LogP contribution in [0.25, 0.3) is 0 Å². The molecule has 27 heavy (non-hydrogen) atoms. The van der Waals surface area contributed by atoms with Crippen molar-refractivity contribution in [3.8, 4) is 0 Å². The number of piperazine rings is 1. The minimum atomic E-state index is 0.924. The molecule has 2 aliphatic rings. The predicted molar refractivity (Wildman–Crippen MR) is 113 cm³/mol. The van der Waals surface area contributed by atoms with Crippen molar-refractivity contribution in [3.05, 3.63) is 41.6 Å². The Morgan fingerprint density at radius 3 is 2.11 bits per heavy atom. The third kappa shape index (κ3) is 4.34. The second-order valence-electron chi connectivity index (χ2n) is 7.88. The van der Waals surface area contributed by atoms with Gasteiger partial charge in [0.05, 0.1) is 0 Å². The van der Waals surface area contributed by atoms with Crippen LogP contribution in [-0.4, -0.2) is 49.2 Å². The van der Waals surface area contributed by atoms with Gasteiger partial charge < -0.3 is 14.7 Å². The average Bonchev–Trinajstić information content (AvgIpc) is 2.97. The molecule has 0 spiro atoms. The Balaban J connectivity index is 1.46. The van der Waals surface area contributed by atoms with Gasteiger partial charge in [0, 0.05) is 56.7 Å². The molecule has 5 nitrogen and oxygen atoms in total. The van der Waals surface area contributed by atoms with E-state index in [-0.39, 0.29) is 0 Å². The lowest BCUT2D eigenvalue weighted by molar-refractivity contribution is 0.644. The molecule has 0 bridgehead atoms. The van der Waals surface area contributed by atoms with Gasteiger partial charge in [-0.3, -0.25) is 0 Å². The summed E-state index contributed by atoms with van der Waals surface area (Å²) in [6.45, 7) is 10.5. The van der Waals surface area contributed by atoms with Crippen molar-refractivity contribution in [2.75, 3.05) is 54.0 Å². The summed E-state index contributed by atoms with van der Waals surface area (Å²) in [5, 5.41) is 0. The summed E-state index contributed by atoms with van der Waals surface area (Å²) in [4.78, 5) is 17.0. The highest BCUT2D eigenvalue weighted by Gasteiger charge is 2.21. The molecule has 5 heteroatoms. The molecule has 0 saturated carbocycles. The Bertz CT molecular complexity index is 759. The van der Waals surface area contributed by atoms with Crippen LogP contribution in [0.4, 0.5) is 17.5 Å². The molecule has 2 aromatic rings. The van der Waals surface area contributed by atoms with Gasteiger partial charge in [-0.25, -0.2) is 4.98 Å². The Labute approximate surface area is 163 Å².